The van der Waals surface area contributed by atoms with Gasteiger partial charge in [-0.25, -0.2) is 0 Å². The summed E-state index contributed by atoms with van der Waals surface area (Å²) in [7, 11) is -2.24. The lowest BCUT2D eigenvalue weighted by atomic mass is 10.3. The zero-order valence-corrected chi connectivity index (χ0v) is 12.4. The Morgan fingerprint density at radius 1 is 1.44 bits per heavy atom. The highest BCUT2D eigenvalue weighted by Crippen LogP contribution is 2.24. The van der Waals surface area contributed by atoms with Crippen molar-refractivity contribution in [3.63, 3.8) is 0 Å². The monoisotopic (exact) mass is 349 g/mol. The first-order valence-corrected chi connectivity index (χ1v) is 7.51. The predicted molar refractivity (Wildman–Crippen MR) is 73.2 cm³/mol. The van der Waals surface area contributed by atoms with Crippen LogP contribution in [0.25, 0.3) is 0 Å². The van der Waals surface area contributed by atoms with Crippen molar-refractivity contribution in [2.75, 3.05) is 4.72 Å². The van der Waals surface area contributed by atoms with Gasteiger partial charge in [0.05, 0.1) is 11.2 Å². The minimum absolute atomic E-state index is 0.0656. The van der Waals surface area contributed by atoms with Crippen molar-refractivity contribution in [1.82, 2.24) is 9.78 Å². The standard InChI is InChI=1S/C10H9BrClN3O2S/c1-15-10(9(12)6-13-15)18(16,17)14-8-4-2-3-7(11)5-8/h2-6,14H,1H3. The van der Waals surface area contributed by atoms with Crippen LogP contribution >= 0.6 is 27.5 Å². The summed E-state index contributed by atoms with van der Waals surface area (Å²) >= 11 is 9.08. The van der Waals surface area contributed by atoms with Crippen LogP contribution in [0.2, 0.25) is 5.02 Å². The molecule has 5 nitrogen and oxygen atoms in total. The smallest absolute Gasteiger partial charge is 0.278 e. The molecule has 0 amide bonds. The maximum absolute atomic E-state index is 12.1. The van der Waals surface area contributed by atoms with Gasteiger partial charge in [0.1, 0.15) is 0 Å². The van der Waals surface area contributed by atoms with E-state index in [0.717, 1.165) is 4.47 Å². The summed E-state index contributed by atoms with van der Waals surface area (Å²) in [5.74, 6) is 0. The van der Waals surface area contributed by atoms with E-state index in [4.69, 9.17) is 11.6 Å². The number of hydrogen-bond acceptors (Lipinski definition) is 3. The van der Waals surface area contributed by atoms with Crippen LogP contribution in [0.3, 0.4) is 0 Å². The van der Waals surface area contributed by atoms with Crippen LogP contribution < -0.4 is 4.72 Å². The first kappa shape index (κ1) is 13.4. The fourth-order valence-corrected chi connectivity index (χ4v) is 3.57. The third-order valence-corrected chi connectivity index (χ3v) is 4.55. The molecule has 0 atom stereocenters. The zero-order valence-electron chi connectivity index (χ0n) is 9.26. The van der Waals surface area contributed by atoms with Crippen molar-refractivity contribution in [3.05, 3.63) is 40.0 Å². The highest BCUT2D eigenvalue weighted by molar-refractivity contribution is 9.10. The van der Waals surface area contributed by atoms with Gasteiger partial charge in [-0.1, -0.05) is 33.6 Å². The Bertz CT molecular complexity index is 665. The molecule has 1 aromatic carbocycles. The van der Waals surface area contributed by atoms with E-state index >= 15 is 0 Å². The number of sulfonamides is 1. The molecule has 96 valence electrons. The summed E-state index contributed by atoms with van der Waals surface area (Å²) in [6, 6.07) is 6.83. The second-order valence-electron chi connectivity index (χ2n) is 3.54. The van der Waals surface area contributed by atoms with E-state index in [1.165, 1.54) is 17.9 Å². The van der Waals surface area contributed by atoms with Crippen molar-refractivity contribution in [2.24, 2.45) is 7.05 Å². The molecule has 2 aromatic rings. The van der Waals surface area contributed by atoms with Crippen molar-refractivity contribution >= 4 is 43.2 Å². The normalized spacial score (nSPS) is 11.5. The van der Waals surface area contributed by atoms with E-state index in [2.05, 4.69) is 25.8 Å². The molecular formula is C10H9BrClN3O2S. The van der Waals surface area contributed by atoms with Crippen molar-refractivity contribution in [1.29, 1.82) is 0 Å². The largest absolute Gasteiger partial charge is 0.280 e. The Labute approximate surface area is 118 Å². The number of hydrogen-bond donors (Lipinski definition) is 1. The molecule has 0 radical (unpaired) electrons. The van der Waals surface area contributed by atoms with E-state index < -0.39 is 10.0 Å². The Kier molecular flexibility index (Phi) is 3.65. The number of nitrogens with zero attached hydrogens (tertiary/aromatic N) is 2. The van der Waals surface area contributed by atoms with Gasteiger partial charge in [0.15, 0.2) is 5.03 Å². The fourth-order valence-electron chi connectivity index (χ4n) is 1.46. The lowest BCUT2D eigenvalue weighted by molar-refractivity contribution is 0.582. The Balaban J connectivity index is 2.39. The second kappa shape index (κ2) is 4.91. The number of halogens is 2. The first-order valence-electron chi connectivity index (χ1n) is 4.86. The fraction of sp³-hybridized carbons (Fsp3) is 0.100. The third-order valence-electron chi connectivity index (χ3n) is 2.17. The highest BCUT2D eigenvalue weighted by Gasteiger charge is 2.22. The molecule has 1 heterocycles. The molecule has 0 aliphatic heterocycles. The average molecular weight is 351 g/mol. The number of aromatic nitrogens is 2. The molecular weight excluding hydrogens is 342 g/mol. The van der Waals surface area contributed by atoms with Gasteiger partial charge >= 0.3 is 0 Å². The first-order chi connectivity index (χ1) is 8.40. The number of aryl methyl sites for hydroxylation is 1. The van der Waals surface area contributed by atoms with Crippen LogP contribution in [0.4, 0.5) is 5.69 Å². The van der Waals surface area contributed by atoms with Crippen LogP contribution in [0.5, 0.6) is 0 Å². The number of anilines is 1. The van der Waals surface area contributed by atoms with Crippen LogP contribution in [0.15, 0.2) is 40.0 Å². The predicted octanol–water partition coefficient (Wildman–Crippen LogP) is 2.64. The Morgan fingerprint density at radius 2 is 2.17 bits per heavy atom. The summed E-state index contributed by atoms with van der Waals surface area (Å²) in [4.78, 5) is 0. The molecule has 0 fully saturated rings. The molecule has 1 N–H and O–H groups in total. The van der Waals surface area contributed by atoms with E-state index in [0.29, 0.717) is 5.69 Å². The second-order valence-corrected chi connectivity index (χ2v) is 6.46. The molecule has 0 saturated carbocycles. The van der Waals surface area contributed by atoms with E-state index in [-0.39, 0.29) is 10.0 Å². The van der Waals surface area contributed by atoms with E-state index in [1.54, 1.807) is 24.3 Å². The van der Waals surface area contributed by atoms with Gasteiger partial charge in [-0.15, -0.1) is 0 Å². The maximum atomic E-state index is 12.1. The van der Waals surface area contributed by atoms with Gasteiger partial charge in [0.25, 0.3) is 10.0 Å². The topological polar surface area (TPSA) is 64.0 Å². The van der Waals surface area contributed by atoms with E-state index in [9.17, 15) is 8.42 Å². The molecule has 0 unspecified atom stereocenters. The quantitative estimate of drug-likeness (QED) is 0.925. The average Bonchev–Trinajstić information content (AvgIpc) is 2.58. The molecule has 0 aliphatic rings. The summed E-state index contributed by atoms with van der Waals surface area (Å²) in [6.45, 7) is 0. The summed E-state index contributed by atoms with van der Waals surface area (Å²) in [5.41, 5.74) is 0.446. The lowest BCUT2D eigenvalue weighted by Crippen LogP contribution is -2.17. The highest BCUT2D eigenvalue weighted by atomic mass is 79.9. The van der Waals surface area contributed by atoms with Crippen LogP contribution in [-0.2, 0) is 17.1 Å². The van der Waals surface area contributed by atoms with Gasteiger partial charge in [-0.3, -0.25) is 9.40 Å². The summed E-state index contributed by atoms with van der Waals surface area (Å²) < 4.78 is 28.7. The minimum Gasteiger partial charge on any atom is -0.278 e. The maximum Gasteiger partial charge on any atom is 0.280 e. The molecule has 0 spiro atoms. The van der Waals surface area contributed by atoms with Crippen molar-refractivity contribution in [2.45, 2.75) is 5.03 Å². The van der Waals surface area contributed by atoms with Crippen LogP contribution in [0, 0.1) is 0 Å². The van der Waals surface area contributed by atoms with Gasteiger partial charge in [0.2, 0.25) is 0 Å². The minimum atomic E-state index is -3.75. The molecule has 18 heavy (non-hydrogen) atoms. The summed E-state index contributed by atoms with van der Waals surface area (Å²) in [6.07, 6.45) is 1.29. The van der Waals surface area contributed by atoms with Crippen molar-refractivity contribution < 1.29 is 8.42 Å². The molecule has 2 rings (SSSR count). The third kappa shape index (κ3) is 2.68. The molecule has 8 heteroatoms. The molecule has 0 saturated heterocycles. The Hall–Kier alpha value is -1.05. The number of nitrogens with one attached hydrogen (secondary N) is 1. The Morgan fingerprint density at radius 3 is 2.72 bits per heavy atom. The zero-order chi connectivity index (χ0) is 13.3. The van der Waals surface area contributed by atoms with Crippen LogP contribution in [-0.4, -0.2) is 18.2 Å². The molecule has 0 bridgehead atoms. The summed E-state index contributed by atoms with van der Waals surface area (Å²) in [5, 5.41) is 3.82. The molecule has 1 aromatic heterocycles. The SMILES string of the molecule is Cn1ncc(Cl)c1S(=O)(=O)Nc1cccc(Br)c1. The number of benzene rings is 1. The van der Waals surface area contributed by atoms with Gasteiger partial charge < -0.3 is 0 Å². The lowest BCUT2D eigenvalue weighted by Gasteiger charge is -2.08. The van der Waals surface area contributed by atoms with Gasteiger partial charge in [-0.05, 0) is 18.2 Å². The molecule has 0 aliphatic carbocycles. The van der Waals surface area contributed by atoms with Gasteiger partial charge in [0, 0.05) is 17.2 Å². The van der Waals surface area contributed by atoms with Crippen LogP contribution in [0.1, 0.15) is 0 Å². The van der Waals surface area contributed by atoms with Gasteiger partial charge in [-0.2, -0.15) is 13.5 Å². The van der Waals surface area contributed by atoms with E-state index in [1.807, 2.05) is 0 Å². The number of rotatable bonds is 3. The van der Waals surface area contributed by atoms with Crippen molar-refractivity contribution in [3.8, 4) is 0 Å².